The van der Waals surface area contributed by atoms with Crippen LogP contribution in [0.2, 0.25) is 0 Å². The Balaban J connectivity index is 2.44. The van der Waals surface area contributed by atoms with Crippen molar-refractivity contribution in [3.05, 3.63) is 35.6 Å². The summed E-state index contributed by atoms with van der Waals surface area (Å²) in [5.41, 5.74) is -0.589. The van der Waals surface area contributed by atoms with Gasteiger partial charge < -0.3 is 10.1 Å². The summed E-state index contributed by atoms with van der Waals surface area (Å²) in [4.78, 5) is 11.8. The molecule has 0 aromatic carbocycles. The zero-order valence-corrected chi connectivity index (χ0v) is 15.9. The molecule has 0 bridgehead atoms. The Hall–Kier alpha value is -1.72. The Morgan fingerprint density at radius 1 is 1.35 bits per heavy atom. The summed E-state index contributed by atoms with van der Waals surface area (Å²) in [5, 5.41) is 2.78. The van der Waals surface area contributed by atoms with Crippen LogP contribution in [0.1, 0.15) is 52.9 Å². The molecule has 3 nitrogen and oxygen atoms in total. The Morgan fingerprint density at radius 2 is 2.08 bits per heavy atom. The van der Waals surface area contributed by atoms with Gasteiger partial charge in [0.15, 0.2) is 6.61 Å². The third-order valence-electron chi connectivity index (χ3n) is 4.40. The third-order valence-corrected chi connectivity index (χ3v) is 4.40. The number of carbonyl (C=O) groups excluding carboxylic acids is 1. The summed E-state index contributed by atoms with van der Waals surface area (Å²) in [5.74, 6) is 0.0288. The van der Waals surface area contributed by atoms with Crippen molar-refractivity contribution in [3.8, 4) is 0 Å². The minimum atomic E-state index is -4.36. The lowest BCUT2D eigenvalue weighted by Crippen LogP contribution is -2.28. The van der Waals surface area contributed by atoms with E-state index in [0.29, 0.717) is 12.5 Å². The number of nitrogens with one attached hydrogen (secondary N) is 1. The van der Waals surface area contributed by atoms with Crippen molar-refractivity contribution in [1.82, 2.24) is 5.32 Å². The molecule has 1 aliphatic carbocycles. The topological polar surface area (TPSA) is 38.3 Å². The standard InChI is InChI=1S/C20H30F3NO2/c1-4-7-15(2)8-6-13-24-19(25)14-26-17-10-5-9-16(3)18(12-11-17)20(21,22)23/h5,10-12,15-16H,4,6-9,13-14H2,1-3H3,(H,24,25)/b10-5+,17-11+,18-12+/t15-,16?/m0/s1. The van der Waals surface area contributed by atoms with Crippen molar-refractivity contribution in [1.29, 1.82) is 0 Å². The van der Waals surface area contributed by atoms with Crippen LogP contribution in [0.3, 0.4) is 0 Å². The third kappa shape index (κ3) is 8.59. The van der Waals surface area contributed by atoms with Crippen molar-refractivity contribution in [2.24, 2.45) is 11.8 Å². The molecule has 0 saturated heterocycles. The monoisotopic (exact) mass is 373 g/mol. The molecule has 0 saturated carbocycles. The number of halogens is 3. The van der Waals surface area contributed by atoms with E-state index >= 15 is 0 Å². The van der Waals surface area contributed by atoms with Gasteiger partial charge in [-0.1, -0.05) is 45.8 Å². The highest BCUT2D eigenvalue weighted by molar-refractivity contribution is 5.77. The summed E-state index contributed by atoms with van der Waals surface area (Å²) >= 11 is 0. The van der Waals surface area contributed by atoms with E-state index in [1.54, 1.807) is 12.2 Å². The number of rotatable bonds is 9. The number of allylic oxidation sites excluding steroid dienone is 5. The minimum Gasteiger partial charge on any atom is -0.484 e. The molecule has 0 aliphatic heterocycles. The van der Waals surface area contributed by atoms with Crippen LogP contribution in [-0.4, -0.2) is 25.2 Å². The highest BCUT2D eigenvalue weighted by Gasteiger charge is 2.36. The lowest BCUT2D eigenvalue weighted by molar-refractivity contribution is -0.124. The van der Waals surface area contributed by atoms with E-state index in [1.165, 1.54) is 19.4 Å². The van der Waals surface area contributed by atoms with Crippen LogP contribution in [0.4, 0.5) is 13.2 Å². The molecular formula is C20H30F3NO2. The van der Waals surface area contributed by atoms with Crippen molar-refractivity contribution < 1.29 is 22.7 Å². The van der Waals surface area contributed by atoms with Crippen LogP contribution >= 0.6 is 0 Å². The number of ether oxygens (including phenoxy) is 1. The predicted molar refractivity (Wildman–Crippen MR) is 97.4 cm³/mol. The van der Waals surface area contributed by atoms with Gasteiger partial charge >= 0.3 is 6.18 Å². The van der Waals surface area contributed by atoms with Crippen molar-refractivity contribution in [2.45, 2.75) is 59.1 Å². The van der Waals surface area contributed by atoms with Gasteiger partial charge in [-0.2, -0.15) is 13.2 Å². The Labute approximate surface area is 154 Å². The second-order valence-electron chi connectivity index (χ2n) is 6.90. The Kier molecular flexibility index (Phi) is 9.52. The van der Waals surface area contributed by atoms with E-state index in [4.69, 9.17) is 4.74 Å². The van der Waals surface area contributed by atoms with E-state index in [2.05, 4.69) is 19.2 Å². The van der Waals surface area contributed by atoms with Gasteiger partial charge in [0.05, 0.1) is 0 Å². The number of carbonyl (C=O) groups is 1. The first-order chi connectivity index (χ1) is 12.2. The first kappa shape index (κ1) is 22.3. The maximum atomic E-state index is 13.0. The molecule has 1 unspecified atom stereocenters. The summed E-state index contributed by atoms with van der Waals surface area (Å²) in [6.45, 7) is 6.28. The molecule has 1 amide bonds. The van der Waals surface area contributed by atoms with E-state index in [1.807, 2.05) is 0 Å². The number of hydrogen-bond acceptors (Lipinski definition) is 2. The van der Waals surface area contributed by atoms with Crippen LogP contribution in [0.15, 0.2) is 35.6 Å². The Bertz CT molecular complexity index is 536. The fourth-order valence-corrected chi connectivity index (χ4v) is 2.89. The van der Waals surface area contributed by atoms with Gasteiger partial charge in [0.2, 0.25) is 0 Å². The summed E-state index contributed by atoms with van der Waals surface area (Å²) in [6, 6.07) is 0. The summed E-state index contributed by atoms with van der Waals surface area (Å²) in [7, 11) is 0. The zero-order valence-electron chi connectivity index (χ0n) is 15.9. The molecule has 1 aliphatic rings. The summed E-state index contributed by atoms with van der Waals surface area (Å²) in [6.07, 6.45) is 5.79. The molecule has 0 spiro atoms. The molecule has 0 aromatic heterocycles. The van der Waals surface area contributed by atoms with Crippen LogP contribution in [-0.2, 0) is 9.53 Å². The van der Waals surface area contributed by atoms with Gasteiger partial charge in [-0.05, 0) is 43.3 Å². The average molecular weight is 373 g/mol. The predicted octanol–water partition coefficient (Wildman–Crippen LogP) is 5.30. The normalized spacial score (nSPS) is 24.3. The SMILES string of the molecule is CCC[C@H](C)CCCNC(=O)COC1=C/C=C(/C(F)(F)F)C(C)C\C=C\1. The molecule has 6 heteroatoms. The fourth-order valence-electron chi connectivity index (χ4n) is 2.89. The van der Waals surface area contributed by atoms with E-state index in [9.17, 15) is 18.0 Å². The second-order valence-corrected chi connectivity index (χ2v) is 6.90. The number of hydrogen-bond donors (Lipinski definition) is 1. The van der Waals surface area contributed by atoms with Gasteiger partial charge in [-0.3, -0.25) is 4.79 Å². The molecule has 0 aromatic rings. The first-order valence-corrected chi connectivity index (χ1v) is 9.29. The lowest BCUT2D eigenvalue weighted by atomic mass is 9.95. The molecule has 26 heavy (non-hydrogen) atoms. The maximum Gasteiger partial charge on any atom is 0.412 e. The van der Waals surface area contributed by atoms with Crippen LogP contribution < -0.4 is 5.32 Å². The fraction of sp³-hybridized carbons (Fsp3) is 0.650. The van der Waals surface area contributed by atoms with Gasteiger partial charge in [0.25, 0.3) is 5.91 Å². The number of alkyl halides is 3. The second kappa shape index (κ2) is 11.1. The highest BCUT2D eigenvalue weighted by Crippen LogP contribution is 2.34. The van der Waals surface area contributed by atoms with Gasteiger partial charge in [0, 0.05) is 12.1 Å². The average Bonchev–Trinajstić information content (AvgIpc) is 2.53. The smallest absolute Gasteiger partial charge is 0.412 e. The molecule has 0 heterocycles. The first-order valence-electron chi connectivity index (χ1n) is 9.29. The summed E-state index contributed by atoms with van der Waals surface area (Å²) < 4.78 is 44.3. The van der Waals surface area contributed by atoms with Gasteiger partial charge in [-0.15, -0.1) is 0 Å². The Morgan fingerprint density at radius 3 is 2.73 bits per heavy atom. The van der Waals surface area contributed by atoms with Crippen LogP contribution in [0.5, 0.6) is 0 Å². The largest absolute Gasteiger partial charge is 0.484 e. The number of amides is 1. The maximum absolute atomic E-state index is 13.0. The zero-order chi connectivity index (χ0) is 19.6. The highest BCUT2D eigenvalue weighted by atomic mass is 19.4. The molecule has 1 rings (SSSR count). The van der Waals surface area contributed by atoms with E-state index in [-0.39, 0.29) is 24.7 Å². The van der Waals surface area contributed by atoms with Gasteiger partial charge in [-0.25, -0.2) is 0 Å². The molecule has 0 fully saturated rings. The molecule has 2 atom stereocenters. The molecule has 0 radical (unpaired) electrons. The van der Waals surface area contributed by atoms with Gasteiger partial charge in [0.1, 0.15) is 5.76 Å². The van der Waals surface area contributed by atoms with Crippen molar-refractivity contribution >= 4 is 5.91 Å². The molecular weight excluding hydrogens is 343 g/mol. The quantitative estimate of drug-likeness (QED) is 0.557. The van der Waals surface area contributed by atoms with Crippen molar-refractivity contribution in [2.75, 3.05) is 13.2 Å². The van der Waals surface area contributed by atoms with Crippen molar-refractivity contribution in [3.63, 3.8) is 0 Å². The minimum absolute atomic E-state index is 0.203. The van der Waals surface area contributed by atoms with Crippen LogP contribution in [0, 0.1) is 11.8 Å². The van der Waals surface area contributed by atoms with E-state index in [0.717, 1.165) is 25.3 Å². The molecule has 1 N–H and O–H groups in total. The van der Waals surface area contributed by atoms with Crippen LogP contribution in [0.25, 0.3) is 0 Å². The van der Waals surface area contributed by atoms with E-state index < -0.39 is 17.7 Å². The lowest BCUT2D eigenvalue weighted by Gasteiger charge is -2.18. The molecule has 148 valence electrons.